The number of aliphatic hydroxyl groups is 2. The Balaban J connectivity index is 2.34. The van der Waals surface area contributed by atoms with E-state index in [2.05, 4.69) is 26.6 Å². The molecule has 2 amide bonds. The smallest absolute Gasteiger partial charge is 0.251 e. The van der Waals surface area contributed by atoms with E-state index >= 15 is 0 Å². The maximum absolute atomic E-state index is 11.7. The molecule has 7 heteroatoms. The van der Waals surface area contributed by atoms with Crippen molar-refractivity contribution < 1.29 is 19.8 Å². The quantitative estimate of drug-likeness (QED) is 0.573. The van der Waals surface area contributed by atoms with Crippen molar-refractivity contribution in [3.8, 4) is 0 Å². The number of benzene rings is 1. The minimum absolute atomic E-state index is 0.0521. The summed E-state index contributed by atoms with van der Waals surface area (Å²) in [4.78, 5) is 23.0. The molecule has 1 aromatic rings. The Morgan fingerprint density at radius 3 is 2.42 bits per heavy atom. The molecule has 1 atom stereocenters. The van der Waals surface area contributed by atoms with E-state index in [0.29, 0.717) is 5.56 Å². The van der Waals surface area contributed by atoms with Gasteiger partial charge in [-0.1, -0.05) is 15.9 Å². The Bertz CT molecular complexity index is 436. The Morgan fingerprint density at radius 2 is 1.84 bits per heavy atom. The van der Waals surface area contributed by atoms with Gasteiger partial charge in [0.25, 0.3) is 5.91 Å². The topological polar surface area (TPSA) is 98.7 Å². The molecular formula is C12H15BrN2O4. The van der Waals surface area contributed by atoms with E-state index in [1.165, 1.54) is 0 Å². The van der Waals surface area contributed by atoms with E-state index in [-0.39, 0.29) is 19.0 Å². The number of hydrogen-bond donors (Lipinski definition) is 4. The minimum Gasteiger partial charge on any atom is -0.394 e. The highest BCUT2D eigenvalue weighted by molar-refractivity contribution is 9.10. The number of carbonyl (C=O) groups is 2. The van der Waals surface area contributed by atoms with E-state index in [4.69, 9.17) is 10.2 Å². The van der Waals surface area contributed by atoms with Crippen LogP contribution in [0.25, 0.3) is 0 Å². The second-order valence-electron chi connectivity index (χ2n) is 3.83. The Hall–Kier alpha value is -1.44. The molecule has 104 valence electrons. The zero-order chi connectivity index (χ0) is 14.3. The highest BCUT2D eigenvalue weighted by Crippen LogP contribution is 2.10. The van der Waals surface area contributed by atoms with Crippen LogP contribution in [0.5, 0.6) is 0 Å². The lowest BCUT2D eigenvalue weighted by atomic mass is 10.2. The predicted molar refractivity (Wildman–Crippen MR) is 72.6 cm³/mol. The van der Waals surface area contributed by atoms with Gasteiger partial charge in [-0.05, 0) is 24.3 Å². The molecule has 0 aliphatic carbocycles. The van der Waals surface area contributed by atoms with Crippen molar-refractivity contribution in [3.05, 3.63) is 34.3 Å². The summed E-state index contributed by atoms with van der Waals surface area (Å²) in [6, 6.07) is 6.72. The summed E-state index contributed by atoms with van der Waals surface area (Å²) < 4.78 is 0.861. The van der Waals surface area contributed by atoms with Crippen LogP contribution in [0.15, 0.2) is 28.7 Å². The van der Waals surface area contributed by atoms with Crippen molar-refractivity contribution in [2.24, 2.45) is 0 Å². The summed E-state index contributed by atoms with van der Waals surface area (Å²) >= 11 is 3.26. The fourth-order valence-electron chi connectivity index (χ4n) is 1.22. The molecule has 0 aromatic heterocycles. The summed E-state index contributed by atoms with van der Waals surface area (Å²) in [6.07, 6.45) is -0.994. The summed E-state index contributed by atoms with van der Waals surface area (Å²) in [6.45, 7) is -0.665. The fraction of sp³-hybridized carbons (Fsp3) is 0.333. The molecule has 0 saturated carbocycles. The zero-order valence-corrected chi connectivity index (χ0v) is 11.7. The molecule has 1 rings (SSSR count). The third kappa shape index (κ3) is 5.82. The highest BCUT2D eigenvalue weighted by Gasteiger charge is 2.09. The molecule has 0 aliphatic heterocycles. The van der Waals surface area contributed by atoms with Gasteiger partial charge < -0.3 is 20.8 Å². The molecule has 0 aliphatic rings. The van der Waals surface area contributed by atoms with Gasteiger partial charge in [0.15, 0.2) is 0 Å². The van der Waals surface area contributed by atoms with Crippen LogP contribution in [0.1, 0.15) is 10.4 Å². The van der Waals surface area contributed by atoms with Crippen molar-refractivity contribution >= 4 is 27.7 Å². The van der Waals surface area contributed by atoms with Crippen LogP contribution in [-0.2, 0) is 4.79 Å². The van der Waals surface area contributed by atoms with E-state index in [9.17, 15) is 9.59 Å². The first kappa shape index (κ1) is 15.6. The molecule has 19 heavy (non-hydrogen) atoms. The molecule has 0 radical (unpaired) electrons. The van der Waals surface area contributed by atoms with Crippen LogP contribution in [0.4, 0.5) is 0 Å². The van der Waals surface area contributed by atoms with Crippen molar-refractivity contribution in [1.82, 2.24) is 10.6 Å². The van der Waals surface area contributed by atoms with Crippen LogP contribution >= 0.6 is 15.9 Å². The molecule has 6 nitrogen and oxygen atoms in total. The van der Waals surface area contributed by atoms with Gasteiger partial charge in [0, 0.05) is 16.6 Å². The molecule has 1 unspecified atom stereocenters. The first-order valence-electron chi connectivity index (χ1n) is 5.62. The van der Waals surface area contributed by atoms with Gasteiger partial charge in [-0.15, -0.1) is 0 Å². The van der Waals surface area contributed by atoms with Crippen LogP contribution in [-0.4, -0.2) is 47.8 Å². The molecule has 0 heterocycles. The summed E-state index contributed by atoms with van der Waals surface area (Å²) in [5, 5.41) is 22.4. The van der Waals surface area contributed by atoms with Gasteiger partial charge in [0.05, 0.1) is 19.3 Å². The monoisotopic (exact) mass is 330 g/mol. The van der Waals surface area contributed by atoms with E-state index in [0.717, 1.165) is 4.47 Å². The summed E-state index contributed by atoms with van der Waals surface area (Å²) in [5.41, 5.74) is 0.450. The molecule has 4 N–H and O–H groups in total. The van der Waals surface area contributed by atoms with Crippen LogP contribution in [0, 0.1) is 0 Å². The number of nitrogens with one attached hydrogen (secondary N) is 2. The third-order valence-electron chi connectivity index (χ3n) is 2.26. The molecule has 0 bridgehead atoms. The first-order valence-corrected chi connectivity index (χ1v) is 6.41. The number of halogens is 1. The summed E-state index contributed by atoms with van der Waals surface area (Å²) in [5.74, 6) is -0.789. The number of amides is 2. The Labute approximate surface area is 118 Å². The molecule has 1 aromatic carbocycles. The van der Waals surface area contributed by atoms with E-state index in [1.807, 2.05) is 0 Å². The van der Waals surface area contributed by atoms with Crippen molar-refractivity contribution in [3.63, 3.8) is 0 Å². The maximum atomic E-state index is 11.7. The maximum Gasteiger partial charge on any atom is 0.251 e. The number of aliphatic hydroxyl groups excluding tert-OH is 2. The molecule has 0 fully saturated rings. The second kappa shape index (κ2) is 7.88. The number of rotatable bonds is 6. The normalized spacial score (nSPS) is 11.7. The fourth-order valence-corrected chi connectivity index (χ4v) is 1.49. The van der Waals surface area contributed by atoms with Gasteiger partial charge in [-0.2, -0.15) is 0 Å². The van der Waals surface area contributed by atoms with Gasteiger partial charge in [-0.3, -0.25) is 9.59 Å². The second-order valence-corrected chi connectivity index (χ2v) is 4.75. The lowest BCUT2D eigenvalue weighted by molar-refractivity contribution is -0.120. The van der Waals surface area contributed by atoms with Crippen molar-refractivity contribution in [2.45, 2.75) is 6.10 Å². The Morgan fingerprint density at radius 1 is 1.21 bits per heavy atom. The lowest BCUT2D eigenvalue weighted by Gasteiger charge is -2.09. The molecule has 0 spiro atoms. The first-order chi connectivity index (χ1) is 9.02. The number of carbonyl (C=O) groups excluding carboxylic acids is 2. The standard InChI is InChI=1S/C12H15BrN2O4/c13-9-3-1-8(2-4-9)12(19)15-6-11(18)14-5-10(17)7-16/h1-4,10,16-17H,5-7H2,(H,14,18)(H,15,19). The van der Waals surface area contributed by atoms with Crippen LogP contribution in [0.3, 0.4) is 0 Å². The minimum atomic E-state index is -0.994. The average molecular weight is 331 g/mol. The van der Waals surface area contributed by atoms with E-state index < -0.39 is 18.6 Å². The van der Waals surface area contributed by atoms with Crippen molar-refractivity contribution in [1.29, 1.82) is 0 Å². The van der Waals surface area contributed by atoms with E-state index in [1.54, 1.807) is 24.3 Å². The van der Waals surface area contributed by atoms with Gasteiger partial charge in [-0.25, -0.2) is 0 Å². The van der Waals surface area contributed by atoms with Gasteiger partial charge in [0.1, 0.15) is 0 Å². The zero-order valence-electron chi connectivity index (χ0n) is 10.1. The SMILES string of the molecule is O=C(CNC(=O)c1ccc(Br)cc1)NCC(O)CO. The largest absolute Gasteiger partial charge is 0.394 e. The average Bonchev–Trinajstić information content (AvgIpc) is 2.42. The molecule has 0 saturated heterocycles. The molecular weight excluding hydrogens is 316 g/mol. The lowest BCUT2D eigenvalue weighted by Crippen LogP contribution is -2.40. The number of hydrogen-bond acceptors (Lipinski definition) is 4. The van der Waals surface area contributed by atoms with Gasteiger partial charge >= 0.3 is 0 Å². The third-order valence-corrected chi connectivity index (χ3v) is 2.79. The Kier molecular flexibility index (Phi) is 6.48. The highest BCUT2D eigenvalue weighted by atomic mass is 79.9. The summed E-state index contributed by atoms with van der Waals surface area (Å²) in [7, 11) is 0. The van der Waals surface area contributed by atoms with Gasteiger partial charge in [0.2, 0.25) is 5.91 Å². The van der Waals surface area contributed by atoms with Crippen LogP contribution < -0.4 is 10.6 Å². The predicted octanol–water partition coefficient (Wildman–Crippen LogP) is -0.352. The van der Waals surface area contributed by atoms with Crippen LogP contribution in [0.2, 0.25) is 0 Å². The van der Waals surface area contributed by atoms with Crippen molar-refractivity contribution in [2.75, 3.05) is 19.7 Å².